The minimum Gasteiger partial charge on any atom is -0.494 e. The molecule has 0 heterocycles. The predicted molar refractivity (Wildman–Crippen MR) is 94.8 cm³/mol. The van der Waals surface area contributed by atoms with Gasteiger partial charge < -0.3 is 15.8 Å². The van der Waals surface area contributed by atoms with Gasteiger partial charge >= 0.3 is 0 Å². The van der Waals surface area contributed by atoms with E-state index in [0.29, 0.717) is 31.7 Å². The number of hydrogen-bond acceptors (Lipinski definition) is 3. The average molecular weight is 353 g/mol. The second-order valence-electron chi connectivity index (χ2n) is 5.23. The Morgan fingerprint density at radius 3 is 2.46 bits per heavy atom. The highest BCUT2D eigenvalue weighted by molar-refractivity contribution is 5.85. The summed E-state index contributed by atoms with van der Waals surface area (Å²) in [4.78, 5) is 11.8. The van der Waals surface area contributed by atoms with E-state index in [9.17, 15) is 9.18 Å². The van der Waals surface area contributed by atoms with Crippen molar-refractivity contribution < 1.29 is 13.9 Å². The largest absolute Gasteiger partial charge is 0.494 e. The summed E-state index contributed by atoms with van der Waals surface area (Å²) in [6.07, 6.45) is 0.951. The van der Waals surface area contributed by atoms with E-state index in [4.69, 9.17) is 10.5 Å². The zero-order valence-corrected chi connectivity index (χ0v) is 14.1. The van der Waals surface area contributed by atoms with Gasteiger partial charge in [-0.25, -0.2) is 4.39 Å². The third-order valence-electron chi connectivity index (χ3n) is 3.38. The molecule has 0 radical (unpaired) electrons. The SMILES string of the molecule is Cl.NC(CNC(=O)CCCOc1ccc(F)cc1)c1ccccc1. The van der Waals surface area contributed by atoms with Crippen molar-refractivity contribution >= 4 is 18.3 Å². The van der Waals surface area contributed by atoms with E-state index in [1.165, 1.54) is 12.1 Å². The molecule has 4 nitrogen and oxygen atoms in total. The van der Waals surface area contributed by atoms with Gasteiger partial charge in [-0.15, -0.1) is 12.4 Å². The van der Waals surface area contributed by atoms with Crippen molar-refractivity contribution in [1.82, 2.24) is 5.32 Å². The van der Waals surface area contributed by atoms with Gasteiger partial charge in [0.25, 0.3) is 0 Å². The van der Waals surface area contributed by atoms with Crippen molar-refractivity contribution in [2.45, 2.75) is 18.9 Å². The lowest BCUT2D eigenvalue weighted by Gasteiger charge is -2.13. The van der Waals surface area contributed by atoms with Crippen LogP contribution >= 0.6 is 12.4 Å². The van der Waals surface area contributed by atoms with E-state index in [-0.39, 0.29) is 30.2 Å². The molecule has 0 aliphatic heterocycles. The maximum atomic E-state index is 12.7. The highest BCUT2D eigenvalue weighted by Gasteiger charge is 2.07. The monoisotopic (exact) mass is 352 g/mol. The van der Waals surface area contributed by atoms with Crippen LogP contribution in [0.2, 0.25) is 0 Å². The molecule has 0 fully saturated rings. The summed E-state index contributed by atoms with van der Waals surface area (Å²) in [5.74, 6) is 0.239. The molecule has 0 saturated carbocycles. The molecule has 3 N–H and O–H groups in total. The Balaban J connectivity index is 0.00000288. The lowest BCUT2D eigenvalue weighted by molar-refractivity contribution is -0.121. The van der Waals surface area contributed by atoms with Gasteiger partial charge in [-0.1, -0.05) is 30.3 Å². The summed E-state index contributed by atoms with van der Waals surface area (Å²) in [5.41, 5.74) is 7.01. The van der Waals surface area contributed by atoms with Gasteiger partial charge in [-0.3, -0.25) is 4.79 Å². The number of ether oxygens (including phenoxy) is 1. The number of nitrogens with one attached hydrogen (secondary N) is 1. The number of hydrogen-bond donors (Lipinski definition) is 2. The number of nitrogens with two attached hydrogens (primary N) is 1. The Bertz CT molecular complexity index is 608. The van der Waals surface area contributed by atoms with Crippen LogP contribution in [0.4, 0.5) is 4.39 Å². The van der Waals surface area contributed by atoms with Crippen LogP contribution in [0.5, 0.6) is 5.75 Å². The minimum atomic E-state index is -0.300. The molecule has 2 aromatic rings. The van der Waals surface area contributed by atoms with E-state index < -0.39 is 0 Å². The summed E-state index contributed by atoms with van der Waals surface area (Å²) in [6.45, 7) is 0.811. The number of carbonyl (C=O) groups is 1. The Kier molecular flexibility index (Phi) is 8.83. The van der Waals surface area contributed by atoms with Crippen molar-refractivity contribution in [2.75, 3.05) is 13.2 Å². The molecule has 6 heteroatoms. The number of amides is 1. The van der Waals surface area contributed by atoms with Gasteiger partial charge in [-0.05, 0) is 36.2 Å². The summed E-state index contributed by atoms with van der Waals surface area (Å²) in [7, 11) is 0. The first-order valence-corrected chi connectivity index (χ1v) is 7.61. The van der Waals surface area contributed by atoms with Gasteiger partial charge in [0.05, 0.1) is 6.61 Å². The molecular formula is C18H22ClFN2O2. The first-order valence-electron chi connectivity index (χ1n) is 7.61. The molecule has 0 saturated heterocycles. The number of halogens is 2. The standard InChI is InChI=1S/C18H21FN2O2.ClH/c19-15-8-10-16(11-9-15)23-12-4-7-18(22)21-13-17(20)14-5-2-1-3-6-14;/h1-3,5-6,8-11,17H,4,7,12-13,20H2,(H,21,22);1H. The fourth-order valence-electron chi connectivity index (χ4n) is 2.08. The van der Waals surface area contributed by atoms with Crippen molar-refractivity contribution in [2.24, 2.45) is 5.73 Å². The maximum absolute atomic E-state index is 12.7. The highest BCUT2D eigenvalue weighted by atomic mass is 35.5. The topological polar surface area (TPSA) is 64.3 Å². The zero-order chi connectivity index (χ0) is 16.5. The normalized spacial score (nSPS) is 11.2. The Hall–Kier alpha value is -2.11. The van der Waals surface area contributed by atoms with Crippen molar-refractivity contribution in [1.29, 1.82) is 0 Å². The van der Waals surface area contributed by atoms with E-state index in [1.807, 2.05) is 30.3 Å². The first-order chi connectivity index (χ1) is 11.1. The number of benzene rings is 2. The Morgan fingerprint density at radius 1 is 1.12 bits per heavy atom. The molecule has 2 aromatic carbocycles. The minimum absolute atomic E-state index is 0. The second-order valence-corrected chi connectivity index (χ2v) is 5.23. The van der Waals surface area contributed by atoms with Crippen LogP contribution in [-0.4, -0.2) is 19.1 Å². The Labute approximate surface area is 147 Å². The van der Waals surface area contributed by atoms with Gasteiger partial charge in [-0.2, -0.15) is 0 Å². The van der Waals surface area contributed by atoms with Crippen molar-refractivity contribution in [3.8, 4) is 5.75 Å². The third-order valence-corrected chi connectivity index (χ3v) is 3.38. The van der Waals surface area contributed by atoms with Gasteiger partial charge in [0.15, 0.2) is 0 Å². The molecule has 0 bridgehead atoms. The first kappa shape index (κ1) is 19.9. The Morgan fingerprint density at radius 2 is 1.79 bits per heavy atom. The summed E-state index contributed by atoms with van der Waals surface area (Å²) < 4.78 is 18.2. The van der Waals surface area contributed by atoms with E-state index in [2.05, 4.69) is 5.32 Å². The average Bonchev–Trinajstić information content (AvgIpc) is 2.59. The van der Waals surface area contributed by atoms with Crippen LogP contribution in [0, 0.1) is 5.82 Å². The van der Waals surface area contributed by atoms with Crippen LogP contribution < -0.4 is 15.8 Å². The van der Waals surface area contributed by atoms with Crippen LogP contribution in [0.1, 0.15) is 24.4 Å². The van der Waals surface area contributed by atoms with Crippen LogP contribution in [0.3, 0.4) is 0 Å². The van der Waals surface area contributed by atoms with Crippen LogP contribution in [0.25, 0.3) is 0 Å². The smallest absolute Gasteiger partial charge is 0.220 e. The molecule has 1 atom stereocenters. The molecule has 24 heavy (non-hydrogen) atoms. The molecule has 0 spiro atoms. The summed E-state index contributed by atoms with van der Waals surface area (Å²) >= 11 is 0. The molecule has 0 aliphatic carbocycles. The highest BCUT2D eigenvalue weighted by Crippen LogP contribution is 2.11. The predicted octanol–water partition coefficient (Wildman–Crippen LogP) is 3.22. The van der Waals surface area contributed by atoms with E-state index in [0.717, 1.165) is 5.56 Å². The summed E-state index contributed by atoms with van der Waals surface area (Å²) in [6, 6.07) is 15.2. The van der Waals surface area contributed by atoms with Gasteiger partial charge in [0.1, 0.15) is 11.6 Å². The molecule has 2 rings (SSSR count). The molecule has 1 unspecified atom stereocenters. The summed E-state index contributed by atoms with van der Waals surface area (Å²) in [5, 5.41) is 2.82. The second kappa shape index (κ2) is 10.6. The maximum Gasteiger partial charge on any atom is 0.220 e. The van der Waals surface area contributed by atoms with Crippen LogP contribution in [-0.2, 0) is 4.79 Å². The molecule has 1 amide bonds. The van der Waals surface area contributed by atoms with E-state index >= 15 is 0 Å². The molecule has 0 aromatic heterocycles. The quantitative estimate of drug-likeness (QED) is 0.717. The number of carbonyl (C=O) groups excluding carboxylic acids is 1. The van der Waals surface area contributed by atoms with E-state index in [1.54, 1.807) is 12.1 Å². The fraction of sp³-hybridized carbons (Fsp3) is 0.278. The lowest BCUT2D eigenvalue weighted by atomic mass is 10.1. The van der Waals surface area contributed by atoms with Crippen molar-refractivity contribution in [3.63, 3.8) is 0 Å². The van der Waals surface area contributed by atoms with Gasteiger partial charge in [0, 0.05) is 19.0 Å². The third kappa shape index (κ3) is 6.98. The number of rotatable bonds is 8. The lowest BCUT2D eigenvalue weighted by Crippen LogP contribution is -2.31. The zero-order valence-electron chi connectivity index (χ0n) is 13.3. The molecule has 0 aliphatic rings. The fourth-order valence-corrected chi connectivity index (χ4v) is 2.08. The van der Waals surface area contributed by atoms with Gasteiger partial charge in [0.2, 0.25) is 5.91 Å². The van der Waals surface area contributed by atoms with Crippen LogP contribution in [0.15, 0.2) is 54.6 Å². The van der Waals surface area contributed by atoms with Crippen molar-refractivity contribution in [3.05, 3.63) is 66.0 Å². The molecule has 130 valence electrons. The molecular weight excluding hydrogens is 331 g/mol.